The maximum Gasteiger partial charge on any atom is 0.151 e. The first-order chi connectivity index (χ1) is 8.43. The lowest BCUT2D eigenvalue weighted by Crippen LogP contribution is -2.35. The normalized spacial score (nSPS) is 20.4. The Balaban J connectivity index is 2.43. The van der Waals surface area contributed by atoms with E-state index in [4.69, 9.17) is 5.73 Å². The Kier molecular flexibility index (Phi) is 3.55. The third kappa shape index (κ3) is 2.08. The van der Waals surface area contributed by atoms with Crippen molar-refractivity contribution in [2.24, 2.45) is 5.92 Å². The highest BCUT2D eigenvalue weighted by Gasteiger charge is 2.32. The van der Waals surface area contributed by atoms with E-state index in [1.54, 1.807) is 0 Å². The highest BCUT2D eigenvalue weighted by molar-refractivity contribution is 5.67. The molecule has 1 fully saturated rings. The van der Waals surface area contributed by atoms with Crippen LogP contribution in [-0.4, -0.2) is 22.4 Å². The van der Waals surface area contributed by atoms with Crippen LogP contribution in [-0.2, 0) is 0 Å². The molecule has 0 aromatic carbocycles. The van der Waals surface area contributed by atoms with Crippen LogP contribution in [0.3, 0.4) is 0 Å². The Morgan fingerprint density at radius 1 is 1.28 bits per heavy atom. The molecule has 1 aromatic heterocycles. The standard InChI is InChI=1S/C14H26N4/c1-9(2)12-7-6-8-17(12)14-13(15)11(5)16-18(14)10(3)4/h9-10,12H,6-8,15H2,1-5H3. The monoisotopic (exact) mass is 250 g/mol. The molecule has 0 bridgehead atoms. The van der Waals surface area contributed by atoms with Crippen molar-refractivity contribution in [1.82, 2.24) is 9.78 Å². The zero-order valence-corrected chi connectivity index (χ0v) is 12.3. The number of hydrogen-bond acceptors (Lipinski definition) is 3. The lowest BCUT2D eigenvalue weighted by atomic mass is 10.0. The van der Waals surface area contributed by atoms with E-state index in [-0.39, 0.29) is 0 Å². The number of hydrogen-bond donors (Lipinski definition) is 1. The Labute approximate surface area is 110 Å². The first-order valence-corrected chi connectivity index (χ1v) is 7.04. The molecule has 1 atom stereocenters. The molecule has 0 aliphatic carbocycles. The number of aryl methyl sites for hydroxylation is 1. The summed E-state index contributed by atoms with van der Waals surface area (Å²) in [6.45, 7) is 12.0. The van der Waals surface area contributed by atoms with E-state index in [1.807, 2.05) is 6.92 Å². The molecule has 0 saturated carbocycles. The zero-order valence-electron chi connectivity index (χ0n) is 12.3. The summed E-state index contributed by atoms with van der Waals surface area (Å²) in [5, 5.41) is 4.60. The lowest BCUT2D eigenvalue weighted by Gasteiger charge is -2.31. The molecule has 0 amide bonds. The fraction of sp³-hybridized carbons (Fsp3) is 0.786. The number of rotatable bonds is 3. The maximum atomic E-state index is 6.26. The Morgan fingerprint density at radius 3 is 2.50 bits per heavy atom. The first-order valence-electron chi connectivity index (χ1n) is 7.04. The summed E-state index contributed by atoms with van der Waals surface area (Å²) in [7, 11) is 0. The number of nitrogens with two attached hydrogens (primary N) is 1. The van der Waals surface area contributed by atoms with Gasteiger partial charge in [0.05, 0.1) is 11.4 Å². The largest absolute Gasteiger partial charge is 0.394 e. The van der Waals surface area contributed by atoms with E-state index in [0.29, 0.717) is 18.0 Å². The van der Waals surface area contributed by atoms with Gasteiger partial charge in [-0.25, -0.2) is 4.68 Å². The fourth-order valence-corrected chi connectivity index (χ4v) is 2.94. The molecule has 4 nitrogen and oxygen atoms in total. The molecule has 4 heteroatoms. The van der Waals surface area contributed by atoms with E-state index < -0.39 is 0 Å². The van der Waals surface area contributed by atoms with Crippen LogP contribution in [0.15, 0.2) is 0 Å². The Bertz CT molecular complexity index is 420. The second-order valence-electron chi connectivity index (χ2n) is 6.01. The number of aromatic nitrogens is 2. The van der Waals surface area contributed by atoms with Gasteiger partial charge in [-0.15, -0.1) is 0 Å². The number of nitrogens with zero attached hydrogens (tertiary/aromatic N) is 3. The Hall–Kier alpha value is -1.19. The molecule has 2 rings (SSSR count). The van der Waals surface area contributed by atoms with Crippen molar-refractivity contribution < 1.29 is 0 Å². The third-order valence-corrected chi connectivity index (χ3v) is 3.94. The van der Waals surface area contributed by atoms with Crippen molar-refractivity contribution in [2.45, 2.75) is 59.5 Å². The van der Waals surface area contributed by atoms with Crippen molar-refractivity contribution in [1.29, 1.82) is 0 Å². The molecule has 1 aromatic rings. The second kappa shape index (κ2) is 4.82. The van der Waals surface area contributed by atoms with Gasteiger partial charge in [-0.3, -0.25) is 0 Å². The molecule has 0 spiro atoms. The summed E-state index contributed by atoms with van der Waals surface area (Å²) in [5.41, 5.74) is 8.07. The van der Waals surface area contributed by atoms with E-state index in [0.717, 1.165) is 23.7 Å². The minimum absolute atomic E-state index is 0.351. The van der Waals surface area contributed by atoms with Gasteiger partial charge in [-0.2, -0.15) is 5.10 Å². The molecule has 2 heterocycles. The average Bonchev–Trinajstić information content (AvgIpc) is 2.85. The summed E-state index contributed by atoms with van der Waals surface area (Å²) >= 11 is 0. The highest BCUT2D eigenvalue weighted by Crippen LogP contribution is 2.36. The first kappa shape index (κ1) is 13.2. The van der Waals surface area contributed by atoms with Crippen LogP contribution >= 0.6 is 0 Å². The molecule has 2 N–H and O–H groups in total. The van der Waals surface area contributed by atoms with Gasteiger partial charge >= 0.3 is 0 Å². The van der Waals surface area contributed by atoms with E-state index in [1.165, 1.54) is 12.8 Å². The second-order valence-corrected chi connectivity index (χ2v) is 6.01. The SMILES string of the molecule is Cc1nn(C(C)C)c(N2CCCC2C(C)C)c1N. The molecule has 1 unspecified atom stereocenters. The van der Waals surface area contributed by atoms with Gasteiger partial charge in [0.15, 0.2) is 5.82 Å². The summed E-state index contributed by atoms with van der Waals surface area (Å²) in [5.74, 6) is 1.79. The van der Waals surface area contributed by atoms with Crippen LogP contribution in [0.4, 0.5) is 11.5 Å². The van der Waals surface area contributed by atoms with Gasteiger partial charge in [0, 0.05) is 18.6 Å². The average molecular weight is 250 g/mol. The third-order valence-electron chi connectivity index (χ3n) is 3.94. The van der Waals surface area contributed by atoms with Crippen molar-refractivity contribution in [3.8, 4) is 0 Å². The molecule has 1 saturated heterocycles. The minimum Gasteiger partial charge on any atom is -0.394 e. The molecule has 0 radical (unpaired) electrons. The summed E-state index contributed by atoms with van der Waals surface area (Å²) in [6, 6.07) is 0.949. The van der Waals surface area contributed by atoms with Gasteiger partial charge in [0.2, 0.25) is 0 Å². The Morgan fingerprint density at radius 2 is 1.94 bits per heavy atom. The van der Waals surface area contributed by atoms with Gasteiger partial charge < -0.3 is 10.6 Å². The molecule has 102 valence electrons. The quantitative estimate of drug-likeness (QED) is 0.897. The topological polar surface area (TPSA) is 47.1 Å². The van der Waals surface area contributed by atoms with Crippen molar-refractivity contribution >= 4 is 11.5 Å². The molecular formula is C14H26N4. The summed E-state index contributed by atoms with van der Waals surface area (Å²) in [4.78, 5) is 2.47. The molecule has 18 heavy (non-hydrogen) atoms. The highest BCUT2D eigenvalue weighted by atomic mass is 15.4. The van der Waals surface area contributed by atoms with E-state index in [2.05, 4.69) is 42.4 Å². The predicted molar refractivity (Wildman–Crippen MR) is 77.0 cm³/mol. The molecular weight excluding hydrogens is 224 g/mol. The van der Waals surface area contributed by atoms with Crippen LogP contribution in [0.2, 0.25) is 0 Å². The van der Waals surface area contributed by atoms with Crippen molar-refractivity contribution in [3.05, 3.63) is 5.69 Å². The smallest absolute Gasteiger partial charge is 0.151 e. The number of nitrogen functional groups attached to an aromatic ring is 1. The zero-order chi connectivity index (χ0) is 13.4. The van der Waals surface area contributed by atoms with Crippen LogP contribution in [0.5, 0.6) is 0 Å². The van der Waals surface area contributed by atoms with Gasteiger partial charge in [-0.05, 0) is 39.5 Å². The van der Waals surface area contributed by atoms with Crippen LogP contribution in [0.1, 0.15) is 52.3 Å². The van der Waals surface area contributed by atoms with Gasteiger partial charge in [0.25, 0.3) is 0 Å². The van der Waals surface area contributed by atoms with Crippen molar-refractivity contribution in [2.75, 3.05) is 17.2 Å². The van der Waals surface area contributed by atoms with Crippen LogP contribution < -0.4 is 10.6 Å². The van der Waals surface area contributed by atoms with Crippen molar-refractivity contribution in [3.63, 3.8) is 0 Å². The van der Waals surface area contributed by atoms with E-state index in [9.17, 15) is 0 Å². The summed E-state index contributed by atoms with van der Waals surface area (Å²) in [6.07, 6.45) is 2.52. The van der Waals surface area contributed by atoms with Gasteiger partial charge in [0.1, 0.15) is 0 Å². The number of anilines is 2. The molecule has 1 aliphatic heterocycles. The fourth-order valence-electron chi connectivity index (χ4n) is 2.94. The minimum atomic E-state index is 0.351. The van der Waals surface area contributed by atoms with Crippen LogP contribution in [0.25, 0.3) is 0 Å². The predicted octanol–water partition coefficient (Wildman–Crippen LogP) is 2.98. The summed E-state index contributed by atoms with van der Waals surface area (Å²) < 4.78 is 2.09. The van der Waals surface area contributed by atoms with Crippen LogP contribution in [0, 0.1) is 12.8 Å². The lowest BCUT2D eigenvalue weighted by molar-refractivity contribution is 0.467. The van der Waals surface area contributed by atoms with E-state index >= 15 is 0 Å². The molecule has 1 aliphatic rings. The van der Waals surface area contributed by atoms with Gasteiger partial charge in [-0.1, -0.05) is 13.8 Å². The maximum absolute atomic E-state index is 6.26.